The predicted molar refractivity (Wildman–Crippen MR) is 108 cm³/mol. The van der Waals surface area contributed by atoms with E-state index < -0.39 is 0 Å². The van der Waals surface area contributed by atoms with Crippen LogP contribution >= 0.6 is 11.3 Å². The van der Waals surface area contributed by atoms with Crippen molar-refractivity contribution in [1.82, 2.24) is 4.98 Å². The molecule has 0 unspecified atom stereocenters. The summed E-state index contributed by atoms with van der Waals surface area (Å²) in [4.78, 5) is 21.3. The Morgan fingerprint density at radius 3 is 3.08 bits per heavy atom. The van der Waals surface area contributed by atoms with Crippen LogP contribution in [0.2, 0.25) is 0 Å². The number of carbonyl (C=O) groups excluding carboxylic acids is 1. The molecule has 0 aliphatic carbocycles. The number of carbonyl (C=O) groups is 1. The highest BCUT2D eigenvalue weighted by atomic mass is 32.1. The molecule has 5 nitrogen and oxygen atoms in total. The molecule has 134 valence electrons. The number of aromatic nitrogens is 1. The molecule has 1 aliphatic heterocycles. The summed E-state index contributed by atoms with van der Waals surface area (Å²) in [6, 6.07) is 5.79. The van der Waals surface area contributed by atoms with Crippen LogP contribution in [0.15, 0.2) is 47.0 Å². The molecule has 1 amide bonds. The van der Waals surface area contributed by atoms with E-state index in [0.717, 1.165) is 29.0 Å². The summed E-state index contributed by atoms with van der Waals surface area (Å²) in [5, 5.41) is 4.95. The summed E-state index contributed by atoms with van der Waals surface area (Å²) in [5.41, 5.74) is 4.41. The van der Waals surface area contributed by atoms with Gasteiger partial charge in [0, 0.05) is 17.3 Å². The van der Waals surface area contributed by atoms with E-state index in [1.807, 2.05) is 13.0 Å². The van der Waals surface area contributed by atoms with Crippen LogP contribution in [0.4, 0.5) is 5.82 Å². The number of nitrogens with one attached hydrogen (secondary N) is 1. The molecule has 0 saturated carbocycles. The lowest BCUT2D eigenvalue weighted by Crippen LogP contribution is -2.14. The van der Waals surface area contributed by atoms with Crippen molar-refractivity contribution in [3.8, 4) is 0 Å². The minimum atomic E-state index is -0.0698. The highest BCUT2D eigenvalue weighted by molar-refractivity contribution is 7.10. The fraction of sp³-hybridized carbons (Fsp3) is 0.250. The molecule has 1 aliphatic rings. The van der Waals surface area contributed by atoms with Gasteiger partial charge in [-0.05, 0) is 65.9 Å². The van der Waals surface area contributed by atoms with Crippen molar-refractivity contribution in [2.24, 2.45) is 4.99 Å². The van der Waals surface area contributed by atoms with Crippen LogP contribution < -0.4 is 5.32 Å². The Labute approximate surface area is 157 Å². The van der Waals surface area contributed by atoms with Crippen molar-refractivity contribution in [3.63, 3.8) is 0 Å². The number of thiophene rings is 1. The number of ether oxygens (including phenoxy) is 1. The van der Waals surface area contributed by atoms with Crippen LogP contribution in [0.25, 0.3) is 11.1 Å². The molecular formula is C20H21N3O2S. The van der Waals surface area contributed by atoms with E-state index in [1.54, 1.807) is 29.8 Å². The number of amides is 1. The molecule has 3 heterocycles. The number of aliphatic imine (C=N–C) groups is 1. The zero-order valence-electron chi connectivity index (χ0n) is 14.7. The van der Waals surface area contributed by atoms with Crippen LogP contribution in [0.1, 0.15) is 29.3 Å². The van der Waals surface area contributed by atoms with E-state index in [2.05, 4.69) is 39.5 Å². The fourth-order valence-electron chi connectivity index (χ4n) is 2.69. The van der Waals surface area contributed by atoms with Crippen molar-refractivity contribution >= 4 is 40.9 Å². The van der Waals surface area contributed by atoms with Gasteiger partial charge in [-0.3, -0.25) is 9.79 Å². The van der Waals surface area contributed by atoms with Gasteiger partial charge in [-0.1, -0.05) is 6.08 Å². The van der Waals surface area contributed by atoms with E-state index in [-0.39, 0.29) is 5.91 Å². The molecule has 26 heavy (non-hydrogen) atoms. The molecule has 2 aromatic rings. The van der Waals surface area contributed by atoms with Crippen LogP contribution in [0, 0.1) is 0 Å². The highest BCUT2D eigenvalue weighted by Crippen LogP contribution is 2.26. The molecule has 6 heteroatoms. The van der Waals surface area contributed by atoms with Crippen LogP contribution in [0.5, 0.6) is 0 Å². The molecule has 0 bridgehead atoms. The second-order valence-corrected chi connectivity index (χ2v) is 7.00. The molecule has 0 aromatic carbocycles. The first-order valence-corrected chi connectivity index (χ1v) is 9.27. The number of allylic oxidation sites excluding steroid dienone is 1. The molecule has 0 spiro atoms. The minimum Gasteiger partial charge on any atom is -0.377 e. The summed E-state index contributed by atoms with van der Waals surface area (Å²) in [7, 11) is 0. The third-order valence-electron chi connectivity index (χ3n) is 4.09. The van der Waals surface area contributed by atoms with Crippen molar-refractivity contribution in [2.45, 2.75) is 19.8 Å². The van der Waals surface area contributed by atoms with Crippen molar-refractivity contribution in [2.75, 3.05) is 18.5 Å². The number of rotatable bonds is 6. The third-order valence-corrected chi connectivity index (χ3v) is 5.03. The maximum absolute atomic E-state index is 12.3. The van der Waals surface area contributed by atoms with Crippen LogP contribution in [-0.2, 0) is 16.0 Å². The van der Waals surface area contributed by atoms with Crippen molar-refractivity contribution < 1.29 is 9.53 Å². The van der Waals surface area contributed by atoms with Gasteiger partial charge in [0.15, 0.2) is 0 Å². The van der Waals surface area contributed by atoms with Gasteiger partial charge < -0.3 is 10.1 Å². The Bertz CT molecular complexity index is 850. The van der Waals surface area contributed by atoms with Crippen LogP contribution in [0.3, 0.4) is 0 Å². The average Bonchev–Trinajstić information content (AvgIpc) is 3.11. The summed E-state index contributed by atoms with van der Waals surface area (Å²) < 4.78 is 5.34. The van der Waals surface area contributed by atoms with Crippen molar-refractivity contribution in [3.05, 3.63) is 58.1 Å². The van der Waals surface area contributed by atoms with E-state index >= 15 is 0 Å². The van der Waals surface area contributed by atoms with E-state index in [9.17, 15) is 4.79 Å². The Morgan fingerprint density at radius 2 is 2.38 bits per heavy atom. The second kappa shape index (κ2) is 8.69. The van der Waals surface area contributed by atoms with Gasteiger partial charge in [-0.25, -0.2) is 4.98 Å². The Morgan fingerprint density at radius 1 is 1.50 bits per heavy atom. The molecule has 0 radical (unpaired) electrons. The normalized spacial score (nSPS) is 14.7. The van der Waals surface area contributed by atoms with E-state index in [1.165, 1.54) is 11.1 Å². The molecule has 3 rings (SSSR count). The minimum absolute atomic E-state index is 0.0698. The second-order valence-electron chi connectivity index (χ2n) is 6.01. The first-order chi connectivity index (χ1) is 12.7. The monoisotopic (exact) mass is 367 g/mol. The zero-order chi connectivity index (χ0) is 18.4. The predicted octanol–water partition coefficient (Wildman–Crippen LogP) is 4.19. The lowest BCUT2D eigenvalue weighted by atomic mass is 10.0. The summed E-state index contributed by atoms with van der Waals surface area (Å²) in [6.07, 6.45) is 6.77. The lowest BCUT2D eigenvalue weighted by molar-refractivity contribution is -0.115. The number of pyridine rings is 1. The first-order valence-electron chi connectivity index (χ1n) is 8.39. The van der Waals surface area contributed by atoms with Gasteiger partial charge in [-0.15, -0.1) is 11.3 Å². The maximum atomic E-state index is 12.3. The molecule has 0 atom stereocenters. The zero-order valence-corrected chi connectivity index (χ0v) is 15.5. The molecule has 1 N–H and O–H groups in total. The Kier molecular flexibility index (Phi) is 6.09. The number of nitrogens with zero attached hydrogens (tertiary/aromatic N) is 2. The maximum Gasteiger partial charge on any atom is 0.230 e. The number of hydrogen-bond donors (Lipinski definition) is 1. The largest absolute Gasteiger partial charge is 0.377 e. The molecular weight excluding hydrogens is 346 g/mol. The van der Waals surface area contributed by atoms with Gasteiger partial charge >= 0.3 is 0 Å². The molecule has 2 aromatic heterocycles. The lowest BCUT2D eigenvalue weighted by Gasteiger charge is -2.11. The summed E-state index contributed by atoms with van der Waals surface area (Å²) in [5.74, 6) is 0.474. The quantitative estimate of drug-likeness (QED) is 0.779. The molecule has 0 fully saturated rings. The van der Waals surface area contributed by atoms with Gasteiger partial charge in [0.25, 0.3) is 0 Å². The van der Waals surface area contributed by atoms with E-state index in [4.69, 9.17) is 4.74 Å². The van der Waals surface area contributed by atoms with Gasteiger partial charge in [0.05, 0.1) is 19.6 Å². The summed E-state index contributed by atoms with van der Waals surface area (Å²) >= 11 is 1.61. The Balaban J connectivity index is 1.59. The average molecular weight is 367 g/mol. The van der Waals surface area contributed by atoms with E-state index in [0.29, 0.717) is 18.8 Å². The standard InChI is InChI=1S/C20H21N3O2S/c1-14(11-21-2)16-3-4-19(22-12-16)23-20(24)10-18-9-17(13-26-18)15-5-7-25-8-6-15/h3-5,9,11-13H,2,6-8,10H2,1H3,(H,22,23,24)/b14-11+. The van der Waals surface area contributed by atoms with Gasteiger partial charge in [0.2, 0.25) is 5.91 Å². The Hall–Kier alpha value is -2.57. The topological polar surface area (TPSA) is 63.6 Å². The number of hydrogen-bond acceptors (Lipinski definition) is 5. The number of anilines is 1. The van der Waals surface area contributed by atoms with Crippen LogP contribution in [-0.4, -0.2) is 30.8 Å². The molecule has 0 saturated heterocycles. The highest BCUT2D eigenvalue weighted by Gasteiger charge is 2.11. The van der Waals surface area contributed by atoms with Crippen molar-refractivity contribution in [1.29, 1.82) is 0 Å². The summed E-state index contributed by atoms with van der Waals surface area (Å²) in [6.45, 7) is 6.81. The smallest absolute Gasteiger partial charge is 0.230 e. The first kappa shape index (κ1) is 18.2. The SMILES string of the molecule is C=N/C=C(\C)c1ccc(NC(=O)Cc2cc(C3=CCOCC3)cs2)nc1. The van der Waals surface area contributed by atoms with Gasteiger partial charge in [0.1, 0.15) is 5.82 Å². The third kappa shape index (κ3) is 4.74. The van der Waals surface area contributed by atoms with Gasteiger partial charge in [-0.2, -0.15) is 0 Å². The fourth-order valence-corrected chi connectivity index (χ4v) is 3.60.